The number of hydrogen-bond acceptors (Lipinski definition) is 2. The van der Waals surface area contributed by atoms with Crippen LogP contribution in [0.2, 0.25) is 0 Å². The predicted octanol–water partition coefficient (Wildman–Crippen LogP) is 5.37. The van der Waals surface area contributed by atoms with Crippen LogP contribution in [-0.2, 0) is 19.6 Å². The van der Waals surface area contributed by atoms with Crippen molar-refractivity contribution in [2.75, 3.05) is 0 Å². The van der Waals surface area contributed by atoms with Gasteiger partial charge in [-0.05, 0) is 48.9 Å². The highest BCUT2D eigenvalue weighted by Gasteiger charge is 2.16. The molecule has 0 saturated carbocycles. The van der Waals surface area contributed by atoms with Crippen molar-refractivity contribution in [1.29, 1.82) is 0 Å². The minimum Gasteiger partial charge on any atom is -0.345 e. The van der Waals surface area contributed by atoms with Crippen molar-refractivity contribution in [2.45, 2.75) is 85.9 Å². The molecule has 0 amide bonds. The molecular formula is C23H35N5. The highest BCUT2D eigenvalue weighted by atomic mass is 15.3. The summed E-state index contributed by atoms with van der Waals surface area (Å²) in [5.41, 5.74) is 6.12. The SMILES string of the molecule is CCn1nc(Cn2nc(Cn3cccc3C(C)C)cc2C(C)C)cc1C(C)C. The molecular weight excluding hydrogens is 346 g/mol. The quantitative estimate of drug-likeness (QED) is 0.526. The molecule has 0 bridgehead atoms. The summed E-state index contributed by atoms with van der Waals surface area (Å²) in [5, 5.41) is 9.78. The third-order valence-electron chi connectivity index (χ3n) is 5.31. The lowest BCUT2D eigenvalue weighted by molar-refractivity contribution is 0.564. The van der Waals surface area contributed by atoms with E-state index in [1.54, 1.807) is 0 Å². The Morgan fingerprint density at radius 2 is 1.29 bits per heavy atom. The first kappa shape index (κ1) is 20.4. The van der Waals surface area contributed by atoms with Gasteiger partial charge in [-0.15, -0.1) is 0 Å². The molecule has 3 aromatic heterocycles. The van der Waals surface area contributed by atoms with Crippen LogP contribution in [0.3, 0.4) is 0 Å². The monoisotopic (exact) mass is 381 g/mol. The average molecular weight is 382 g/mol. The minimum absolute atomic E-state index is 0.424. The van der Waals surface area contributed by atoms with Crippen LogP contribution in [0.4, 0.5) is 0 Å². The molecule has 3 heterocycles. The molecule has 152 valence electrons. The van der Waals surface area contributed by atoms with Crippen LogP contribution in [0.1, 0.15) is 94.7 Å². The molecule has 0 unspecified atom stereocenters. The lowest BCUT2D eigenvalue weighted by atomic mass is 10.1. The Bertz CT molecular complexity index is 907. The maximum absolute atomic E-state index is 4.96. The van der Waals surface area contributed by atoms with Gasteiger partial charge in [0.25, 0.3) is 0 Å². The Morgan fingerprint density at radius 1 is 0.750 bits per heavy atom. The second-order valence-electron chi connectivity index (χ2n) is 8.62. The lowest BCUT2D eigenvalue weighted by Crippen LogP contribution is -2.10. The van der Waals surface area contributed by atoms with E-state index in [1.807, 2.05) is 0 Å². The van der Waals surface area contributed by atoms with Crippen molar-refractivity contribution < 1.29 is 0 Å². The fourth-order valence-electron chi connectivity index (χ4n) is 3.86. The maximum Gasteiger partial charge on any atom is 0.0853 e. The molecule has 3 aromatic rings. The van der Waals surface area contributed by atoms with Gasteiger partial charge in [0.2, 0.25) is 0 Å². The van der Waals surface area contributed by atoms with Crippen LogP contribution >= 0.6 is 0 Å². The topological polar surface area (TPSA) is 40.6 Å². The number of rotatable bonds is 8. The number of hydrogen-bond donors (Lipinski definition) is 0. The molecule has 0 spiro atoms. The van der Waals surface area contributed by atoms with Crippen molar-refractivity contribution in [2.24, 2.45) is 0 Å². The molecule has 0 N–H and O–H groups in total. The summed E-state index contributed by atoms with van der Waals surface area (Å²) in [6.45, 7) is 18.0. The Kier molecular flexibility index (Phi) is 6.11. The van der Waals surface area contributed by atoms with Gasteiger partial charge < -0.3 is 4.57 Å². The van der Waals surface area contributed by atoms with Crippen LogP contribution in [0.15, 0.2) is 30.5 Å². The van der Waals surface area contributed by atoms with Gasteiger partial charge in [0.1, 0.15) is 0 Å². The zero-order chi connectivity index (χ0) is 20.4. The minimum atomic E-state index is 0.424. The Balaban J connectivity index is 1.88. The zero-order valence-corrected chi connectivity index (χ0v) is 18.5. The van der Waals surface area contributed by atoms with Gasteiger partial charge in [-0.2, -0.15) is 10.2 Å². The molecule has 5 nitrogen and oxygen atoms in total. The van der Waals surface area contributed by atoms with E-state index in [1.165, 1.54) is 17.1 Å². The Labute approximate surface area is 169 Å². The fraction of sp³-hybridized carbons (Fsp3) is 0.565. The standard InChI is InChI=1S/C23H35N5/c1-8-27-22(17(4)5)13-20(24-27)15-28-23(18(6)7)12-19(25-28)14-26-11-9-10-21(26)16(2)3/h9-13,16-18H,8,14-15H2,1-7H3. The third kappa shape index (κ3) is 4.23. The molecule has 5 heteroatoms. The molecule has 0 aromatic carbocycles. The summed E-state index contributed by atoms with van der Waals surface area (Å²) in [6.07, 6.45) is 2.15. The molecule has 0 aliphatic rings. The fourth-order valence-corrected chi connectivity index (χ4v) is 3.86. The number of aryl methyl sites for hydroxylation is 1. The smallest absolute Gasteiger partial charge is 0.0853 e. The second kappa shape index (κ2) is 8.38. The van der Waals surface area contributed by atoms with E-state index in [2.05, 4.69) is 92.9 Å². The second-order valence-corrected chi connectivity index (χ2v) is 8.62. The van der Waals surface area contributed by atoms with Crippen LogP contribution in [0, 0.1) is 0 Å². The van der Waals surface area contributed by atoms with E-state index in [4.69, 9.17) is 10.2 Å². The molecule has 28 heavy (non-hydrogen) atoms. The van der Waals surface area contributed by atoms with E-state index >= 15 is 0 Å². The van der Waals surface area contributed by atoms with Gasteiger partial charge in [-0.1, -0.05) is 41.5 Å². The van der Waals surface area contributed by atoms with E-state index in [0.717, 1.165) is 31.0 Å². The van der Waals surface area contributed by atoms with Crippen LogP contribution < -0.4 is 0 Å². The lowest BCUT2D eigenvalue weighted by Gasteiger charge is -2.10. The van der Waals surface area contributed by atoms with Gasteiger partial charge in [0.05, 0.1) is 24.5 Å². The first-order valence-electron chi connectivity index (χ1n) is 10.6. The average Bonchev–Trinajstić information content (AvgIpc) is 3.33. The largest absolute Gasteiger partial charge is 0.345 e. The van der Waals surface area contributed by atoms with Crippen LogP contribution in [-0.4, -0.2) is 24.1 Å². The summed E-state index contributed by atoms with van der Waals surface area (Å²) in [7, 11) is 0. The van der Waals surface area contributed by atoms with Crippen molar-refractivity contribution in [3.8, 4) is 0 Å². The molecule has 0 saturated heterocycles. The predicted molar refractivity (Wildman–Crippen MR) is 115 cm³/mol. The third-order valence-corrected chi connectivity index (χ3v) is 5.31. The normalized spacial score (nSPS) is 12.1. The number of nitrogens with zero attached hydrogens (tertiary/aromatic N) is 5. The summed E-state index contributed by atoms with van der Waals surface area (Å²) >= 11 is 0. The molecule has 0 atom stereocenters. The van der Waals surface area contributed by atoms with E-state index < -0.39 is 0 Å². The van der Waals surface area contributed by atoms with Crippen molar-refractivity contribution >= 4 is 0 Å². The molecule has 3 rings (SSSR count). The van der Waals surface area contributed by atoms with E-state index in [0.29, 0.717) is 17.8 Å². The van der Waals surface area contributed by atoms with Gasteiger partial charge >= 0.3 is 0 Å². The van der Waals surface area contributed by atoms with Crippen molar-refractivity contribution in [3.63, 3.8) is 0 Å². The number of aromatic nitrogens is 5. The zero-order valence-electron chi connectivity index (χ0n) is 18.5. The van der Waals surface area contributed by atoms with Crippen molar-refractivity contribution in [1.82, 2.24) is 24.1 Å². The highest BCUT2D eigenvalue weighted by Crippen LogP contribution is 2.22. The van der Waals surface area contributed by atoms with E-state index in [9.17, 15) is 0 Å². The van der Waals surface area contributed by atoms with Gasteiger partial charge in [-0.25, -0.2) is 0 Å². The first-order chi connectivity index (χ1) is 13.3. The van der Waals surface area contributed by atoms with Gasteiger partial charge in [0.15, 0.2) is 0 Å². The maximum atomic E-state index is 4.96. The molecule has 0 aliphatic heterocycles. The summed E-state index contributed by atoms with van der Waals surface area (Å²) in [5.74, 6) is 1.41. The highest BCUT2D eigenvalue weighted by molar-refractivity contribution is 5.20. The van der Waals surface area contributed by atoms with Gasteiger partial charge in [0, 0.05) is 29.8 Å². The van der Waals surface area contributed by atoms with Gasteiger partial charge in [-0.3, -0.25) is 9.36 Å². The first-order valence-corrected chi connectivity index (χ1v) is 10.6. The Morgan fingerprint density at radius 3 is 1.82 bits per heavy atom. The molecule has 0 aliphatic carbocycles. The van der Waals surface area contributed by atoms with E-state index in [-0.39, 0.29) is 0 Å². The van der Waals surface area contributed by atoms with Crippen LogP contribution in [0.5, 0.6) is 0 Å². The van der Waals surface area contributed by atoms with Crippen LogP contribution in [0.25, 0.3) is 0 Å². The summed E-state index contributed by atoms with van der Waals surface area (Å²) in [4.78, 5) is 0. The summed E-state index contributed by atoms with van der Waals surface area (Å²) in [6, 6.07) is 8.83. The Hall–Kier alpha value is -2.30. The molecule has 0 radical (unpaired) electrons. The molecule has 0 fully saturated rings. The summed E-state index contributed by atoms with van der Waals surface area (Å²) < 4.78 is 6.57. The van der Waals surface area contributed by atoms with Crippen molar-refractivity contribution in [3.05, 3.63) is 58.9 Å².